The molecule has 3 rings (SSSR count). The van der Waals surface area contributed by atoms with Crippen molar-refractivity contribution in [3.8, 4) is 0 Å². The van der Waals surface area contributed by atoms with Gasteiger partial charge in [0.1, 0.15) is 17.2 Å². The summed E-state index contributed by atoms with van der Waals surface area (Å²) in [7, 11) is 0. The maximum atomic E-state index is 14.8. The zero-order valence-corrected chi connectivity index (χ0v) is 18.1. The zero-order chi connectivity index (χ0) is 22.1. The Morgan fingerprint density at radius 1 is 1.27 bits per heavy atom. The Hall–Kier alpha value is -2.63. The Labute approximate surface area is 176 Å². The van der Waals surface area contributed by atoms with Crippen LogP contribution < -0.4 is 0 Å². The standard InChI is InChI=1S/C24H29FN2O3/c1-5-14-10-20(26)22(27-21(11-14)15-6-8-17(28)12-15)16-7-9-18(19(25)13-16)23(29)30-24(2,3)4/h7,9,13-14,26H,5-6,8,10-12H2,1-4H3/b21-15-,26-20?. The molecule has 5 nitrogen and oxygen atoms in total. The lowest BCUT2D eigenvalue weighted by molar-refractivity contribution is -0.117. The highest BCUT2D eigenvalue weighted by Crippen LogP contribution is 2.33. The molecule has 0 aromatic heterocycles. The summed E-state index contributed by atoms with van der Waals surface area (Å²) in [5.74, 6) is -0.932. The van der Waals surface area contributed by atoms with Gasteiger partial charge in [0, 0.05) is 24.1 Å². The third kappa shape index (κ3) is 5.10. The number of carbonyl (C=O) groups is 2. The largest absolute Gasteiger partial charge is 0.456 e. The van der Waals surface area contributed by atoms with E-state index >= 15 is 0 Å². The number of hydrogen-bond donors (Lipinski definition) is 1. The summed E-state index contributed by atoms with van der Waals surface area (Å²) >= 11 is 0. The van der Waals surface area contributed by atoms with Crippen LogP contribution in [0.3, 0.4) is 0 Å². The van der Waals surface area contributed by atoms with Crippen molar-refractivity contribution in [3.63, 3.8) is 0 Å². The molecule has 1 aromatic carbocycles. The molecule has 0 radical (unpaired) electrons. The molecule has 1 aromatic rings. The second kappa shape index (κ2) is 8.62. The third-order valence-electron chi connectivity index (χ3n) is 5.47. The number of ether oxygens (including phenoxy) is 1. The fourth-order valence-electron chi connectivity index (χ4n) is 3.84. The van der Waals surface area contributed by atoms with Gasteiger partial charge in [0.2, 0.25) is 0 Å². The molecule has 1 unspecified atom stereocenters. The van der Waals surface area contributed by atoms with Crippen LogP contribution >= 0.6 is 0 Å². The maximum Gasteiger partial charge on any atom is 0.341 e. The number of rotatable bonds is 3. The molecule has 0 spiro atoms. The van der Waals surface area contributed by atoms with E-state index in [9.17, 15) is 14.0 Å². The number of nitrogens with one attached hydrogen (secondary N) is 1. The van der Waals surface area contributed by atoms with Crippen molar-refractivity contribution in [2.24, 2.45) is 10.9 Å². The molecular weight excluding hydrogens is 383 g/mol. The smallest absolute Gasteiger partial charge is 0.341 e. The first kappa shape index (κ1) is 22.1. The summed E-state index contributed by atoms with van der Waals surface area (Å²) < 4.78 is 20.0. The van der Waals surface area contributed by atoms with Crippen LogP contribution in [-0.2, 0) is 9.53 Å². The number of allylic oxidation sites excluding steroid dienone is 2. The van der Waals surface area contributed by atoms with Crippen molar-refractivity contribution in [3.05, 3.63) is 46.4 Å². The van der Waals surface area contributed by atoms with Crippen LogP contribution in [0.15, 0.2) is 34.5 Å². The van der Waals surface area contributed by atoms with Crippen molar-refractivity contribution in [1.82, 2.24) is 0 Å². The van der Waals surface area contributed by atoms with Crippen molar-refractivity contribution >= 4 is 23.2 Å². The van der Waals surface area contributed by atoms with Gasteiger partial charge in [-0.15, -0.1) is 0 Å². The quantitative estimate of drug-likeness (QED) is 0.674. The van der Waals surface area contributed by atoms with Crippen molar-refractivity contribution in [2.45, 2.75) is 71.8 Å². The van der Waals surface area contributed by atoms with E-state index < -0.39 is 17.4 Å². The molecule has 1 aliphatic carbocycles. The lowest BCUT2D eigenvalue weighted by atomic mass is 9.92. The molecule has 0 bridgehead atoms. The van der Waals surface area contributed by atoms with Gasteiger partial charge in [0.15, 0.2) is 0 Å². The molecule has 1 saturated carbocycles. The Morgan fingerprint density at radius 3 is 2.57 bits per heavy atom. The average Bonchev–Trinajstić information content (AvgIpc) is 3.00. The number of benzene rings is 1. The van der Waals surface area contributed by atoms with Gasteiger partial charge in [-0.05, 0) is 63.7 Å². The first-order valence-corrected chi connectivity index (χ1v) is 10.5. The van der Waals surface area contributed by atoms with Gasteiger partial charge in [0.25, 0.3) is 0 Å². The van der Waals surface area contributed by atoms with E-state index in [2.05, 4.69) is 6.92 Å². The van der Waals surface area contributed by atoms with Gasteiger partial charge in [0.05, 0.1) is 17.0 Å². The highest BCUT2D eigenvalue weighted by molar-refractivity contribution is 6.47. The van der Waals surface area contributed by atoms with Crippen LogP contribution in [0.25, 0.3) is 0 Å². The van der Waals surface area contributed by atoms with Gasteiger partial charge in [-0.3, -0.25) is 9.79 Å². The van der Waals surface area contributed by atoms with E-state index in [0.717, 1.165) is 24.1 Å². The minimum absolute atomic E-state index is 0.138. The predicted molar refractivity (Wildman–Crippen MR) is 115 cm³/mol. The van der Waals surface area contributed by atoms with Crippen LogP contribution in [-0.4, -0.2) is 28.8 Å². The first-order chi connectivity index (χ1) is 14.1. The summed E-state index contributed by atoms with van der Waals surface area (Å²) in [6, 6.07) is 4.26. The topological polar surface area (TPSA) is 79.6 Å². The average molecular weight is 413 g/mol. The van der Waals surface area contributed by atoms with E-state index in [4.69, 9.17) is 15.1 Å². The molecule has 0 saturated heterocycles. The van der Waals surface area contributed by atoms with Gasteiger partial charge in [-0.2, -0.15) is 0 Å². The normalized spacial score (nSPS) is 22.7. The third-order valence-corrected chi connectivity index (χ3v) is 5.47. The highest BCUT2D eigenvalue weighted by atomic mass is 19.1. The number of Topliss-reactive ketones (excluding diaryl/α,β-unsaturated/α-hetero) is 1. The number of carbonyl (C=O) groups excluding carboxylic acids is 2. The summed E-state index contributed by atoms with van der Waals surface area (Å²) in [4.78, 5) is 28.8. The van der Waals surface area contributed by atoms with E-state index in [1.54, 1.807) is 26.8 Å². The van der Waals surface area contributed by atoms with Crippen molar-refractivity contribution in [2.75, 3.05) is 0 Å². The van der Waals surface area contributed by atoms with Crippen LogP contribution in [0, 0.1) is 17.1 Å². The lowest BCUT2D eigenvalue weighted by Crippen LogP contribution is -2.24. The molecule has 160 valence electrons. The fraction of sp³-hybridized carbons (Fsp3) is 0.500. The van der Waals surface area contributed by atoms with Gasteiger partial charge < -0.3 is 10.1 Å². The number of aliphatic imine (C=N–C) groups is 1. The summed E-state index contributed by atoms with van der Waals surface area (Å²) in [6.45, 7) is 7.27. The summed E-state index contributed by atoms with van der Waals surface area (Å²) in [5, 5.41) is 8.55. The molecule has 1 N–H and O–H groups in total. The molecule has 1 heterocycles. The number of nitrogens with zero attached hydrogens (tertiary/aromatic N) is 1. The van der Waals surface area contributed by atoms with Gasteiger partial charge >= 0.3 is 5.97 Å². The number of hydrogen-bond acceptors (Lipinski definition) is 5. The van der Waals surface area contributed by atoms with E-state index in [1.807, 2.05) is 0 Å². The number of halogens is 1. The van der Waals surface area contributed by atoms with Gasteiger partial charge in [-0.25, -0.2) is 9.18 Å². The Bertz CT molecular complexity index is 954. The van der Waals surface area contributed by atoms with E-state index in [0.29, 0.717) is 42.7 Å². The monoisotopic (exact) mass is 412 g/mol. The highest BCUT2D eigenvalue weighted by Gasteiger charge is 2.27. The fourth-order valence-corrected chi connectivity index (χ4v) is 3.84. The molecule has 30 heavy (non-hydrogen) atoms. The van der Waals surface area contributed by atoms with Gasteiger partial charge in [-0.1, -0.05) is 19.4 Å². The summed E-state index contributed by atoms with van der Waals surface area (Å²) in [6.07, 6.45) is 3.85. The Kier molecular flexibility index (Phi) is 6.34. The lowest BCUT2D eigenvalue weighted by Gasteiger charge is -2.19. The van der Waals surface area contributed by atoms with E-state index in [1.165, 1.54) is 12.1 Å². The zero-order valence-electron chi connectivity index (χ0n) is 18.1. The van der Waals surface area contributed by atoms with Crippen LogP contribution in [0.2, 0.25) is 0 Å². The maximum absolute atomic E-state index is 14.8. The molecule has 1 atom stereocenters. The summed E-state index contributed by atoms with van der Waals surface area (Å²) in [5.41, 5.74) is 2.28. The molecule has 0 amide bonds. The second-order valence-corrected chi connectivity index (χ2v) is 9.08. The first-order valence-electron chi connectivity index (χ1n) is 10.5. The molecular formula is C24H29FN2O3. The molecule has 6 heteroatoms. The minimum Gasteiger partial charge on any atom is -0.456 e. The Balaban J connectivity index is 1.99. The van der Waals surface area contributed by atoms with E-state index in [-0.39, 0.29) is 17.3 Å². The number of ketones is 1. The molecule has 2 aliphatic rings. The predicted octanol–water partition coefficient (Wildman–Crippen LogP) is 5.42. The van der Waals surface area contributed by atoms with Crippen LogP contribution in [0.4, 0.5) is 4.39 Å². The Morgan fingerprint density at radius 2 is 2.00 bits per heavy atom. The van der Waals surface area contributed by atoms with Crippen LogP contribution in [0.1, 0.15) is 82.1 Å². The SMILES string of the molecule is CCC1CC(=N)C(c2ccc(C(=O)OC(C)(C)C)c(F)c2)=N/C(=C2/CCC(=O)C2)C1. The second-order valence-electron chi connectivity index (χ2n) is 9.08. The van der Waals surface area contributed by atoms with Crippen molar-refractivity contribution in [1.29, 1.82) is 5.41 Å². The molecule has 1 fully saturated rings. The molecule has 1 aliphatic heterocycles. The minimum atomic E-state index is -0.720. The van der Waals surface area contributed by atoms with Crippen LogP contribution in [0.5, 0.6) is 0 Å². The number of esters is 1. The van der Waals surface area contributed by atoms with Crippen molar-refractivity contribution < 1.29 is 18.7 Å².